The van der Waals surface area contributed by atoms with E-state index in [1.807, 2.05) is 89.7 Å². The zero-order valence-electron chi connectivity index (χ0n) is 14.8. The number of para-hydroxylation sites is 1. The Labute approximate surface area is 178 Å². The van der Waals surface area contributed by atoms with Crippen LogP contribution >= 0.6 is 35.0 Å². The lowest BCUT2D eigenvalue weighted by molar-refractivity contribution is 0.884. The van der Waals surface area contributed by atoms with Crippen molar-refractivity contribution in [2.75, 3.05) is 0 Å². The van der Waals surface area contributed by atoms with Crippen LogP contribution in [0.1, 0.15) is 5.56 Å². The van der Waals surface area contributed by atoms with E-state index in [2.05, 4.69) is 11.5 Å². The molecule has 0 amide bonds. The van der Waals surface area contributed by atoms with Crippen LogP contribution in [0.5, 0.6) is 0 Å². The number of hydrogen-bond donors (Lipinski definition) is 0. The van der Waals surface area contributed by atoms with Gasteiger partial charge in [-0.2, -0.15) is 5.10 Å². The molecule has 0 saturated carbocycles. The lowest BCUT2D eigenvalue weighted by Crippen LogP contribution is -1.93. The van der Waals surface area contributed by atoms with E-state index in [0.717, 1.165) is 32.4 Å². The molecule has 1 heterocycles. The van der Waals surface area contributed by atoms with Gasteiger partial charge in [0, 0.05) is 32.3 Å². The highest BCUT2D eigenvalue weighted by Gasteiger charge is 2.10. The molecule has 0 unspecified atom stereocenters. The molecule has 28 heavy (non-hydrogen) atoms. The summed E-state index contributed by atoms with van der Waals surface area (Å²) in [6.07, 6.45) is 4.12. The Morgan fingerprint density at radius 1 is 0.786 bits per heavy atom. The van der Waals surface area contributed by atoms with Crippen molar-refractivity contribution in [2.24, 2.45) is 0 Å². The number of benzene rings is 3. The monoisotopic (exact) mass is 422 g/mol. The lowest BCUT2D eigenvalue weighted by atomic mass is 10.1. The number of aromatic nitrogens is 2. The third-order valence-electron chi connectivity index (χ3n) is 4.15. The van der Waals surface area contributed by atoms with Gasteiger partial charge in [-0.25, -0.2) is 4.68 Å². The number of hydrogen-bond acceptors (Lipinski definition) is 2. The van der Waals surface area contributed by atoms with Crippen LogP contribution in [-0.4, -0.2) is 9.78 Å². The molecule has 0 N–H and O–H groups in total. The molecule has 2 nitrogen and oxygen atoms in total. The maximum Gasteiger partial charge on any atom is 0.1000 e. The van der Waals surface area contributed by atoms with Gasteiger partial charge in [-0.05, 0) is 60.0 Å². The molecular formula is C23H16Cl2N2S. The van der Waals surface area contributed by atoms with Crippen molar-refractivity contribution >= 4 is 41.0 Å². The van der Waals surface area contributed by atoms with Crippen LogP contribution in [0.4, 0.5) is 0 Å². The molecule has 3 aromatic carbocycles. The quantitative estimate of drug-likeness (QED) is 0.308. The third kappa shape index (κ3) is 4.50. The zero-order chi connectivity index (χ0) is 19.3. The summed E-state index contributed by atoms with van der Waals surface area (Å²) >= 11 is 13.6. The standard InChI is InChI=1S/C23H16Cl2N2S/c24-19-8-6-17(7-9-19)23-18(14-15-28-22-12-10-20(25)11-13-22)16-27(26-23)21-4-2-1-3-5-21/h1-16H/b15-14+. The summed E-state index contributed by atoms with van der Waals surface area (Å²) in [5.41, 5.74) is 3.99. The summed E-state index contributed by atoms with van der Waals surface area (Å²) in [6.45, 7) is 0. The Morgan fingerprint density at radius 2 is 1.43 bits per heavy atom. The van der Waals surface area contributed by atoms with Crippen molar-refractivity contribution in [3.63, 3.8) is 0 Å². The minimum absolute atomic E-state index is 0.710. The summed E-state index contributed by atoms with van der Waals surface area (Å²) in [4.78, 5) is 1.13. The van der Waals surface area contributed by atoms with Crippen LogP contribution < -0.4 is 0 Å². The highest BCUT2D eigenvalue weighted by Crippen LogP contribution is 2.28. The highest BCUT2D eigenvalue weighted by molar-refractivity contribution is 8.02. The molecule has 0 aliphatic rings. The van der Waals surface area contributed by atoms with Gasteiger partial charge >= 0.3 is 0 Å². The van der Waals surface area contributed by atoms with E-state index < -0.39 is 0 Å². The van der Waals surface area contributed by atoms with Gasteiger partial charge < -0.3 is 0 Å². The average molecular weight is 423 g/mol. The van der Waals surface area contributed by atoms with Gasteiger partial charge in [0.15, 0.2) is 0 Å². The first-order valence-corrected chi connectivity index (χ1v) is 10.3. The summed E-state index contributed by atoms with van der Waals surface area (Å²) in [7, 11) is 0. The lowest BCUT2D eigenvalue weighted by Gasteiger charge is -2.01. The van der Waals surface area contributed by atoms with Crippen molar-refractivity contribution in [3.8, 4) is 16.9 Å². The van der Waals surface area contributed by atoms with Gasteiger partial charge in [-0.15, -0.1) is 0 Å². The predicted octanol–water partition coefficient (Wildman–Crippen LogP) is 7.61. The van der Waals surface area contributed by atoms with Crippen LogP contribution in [0, 0.1) is 0 Å². The second kappa shape index (κ2) is 8.70. The van der Waals surface area contributed by atoms with Crippen molar-refractivity contribution in [1.82, 2.24) is 9.78 Å². The summed E-state index contributed by atoms with van der Waals surface area (Å²) in [5.74, 6) is 0. The van der Waals surface area contributed by atoms with Gasteiger partial charge in [0.1, 0.15) is 0 Å². The smallest absolute Gasteiger partial charge is 0.1000 e. The minimum atomic E-state index is 0.710. The Hall–Kier alpha value is -2.46. The number of nitrogens with zero attached hydrogens (tertiary/aromatic N) is 2. The van der Waals surface area contributed by atoms with Crippen molar-refractivity contribution in [2.45, 2.75) is 4.90 Å². The van der Waals surface area contributed by atoms with Crippen molar-refractivity contribution in [1.29, 1.82) is 0 Å². The van der Waals surface area contributed by atoms with Gasteiger partial charge in [0.25, 0.3) is 0 Å². The van der Waals surface area contributed by atoms with Crippen LogP contribution in [0.2, 0.25) is 10.0 Å². The highest BCUT2D eigenvalue weighted by atomic mass is 35.5. The molecule has 0 radical (unpaired) electrons. The minimum Gasteiger partial charge on any atom is -0.240 e. The normalized spacial score (nSPS) is 11.2. The Kier molecular flexibility index (Phi) is 5.87. The molecule has 0 atom stereocenters. The van der Waals surface area contributed by atoms with E-state index in [1.54, 1.807) is 11.8 Å². The first-order valence-electron chi connectivity index (χ1n) is 8.69. The SMILES string of the molecule is Clc1ccc(S/C=C/c2cn(-c3ccccc3)nc2-c2ccc(Cl)cc2)cc1. The molecular weight excluding hydrogens is 407 g/mol. The topological polar surface area (TPSA) is 17.8 Å². The summed E-state index contributed by atoms with van der Waals surface area (Å²) in [6, 6.07) is 25.6. The van der Waals surface area contributed by atoms with Crippen LogP contribution in [0.3, 0.4) is 0 Å². The van der Waals surface area contributed by atoms with E-state index in [1.165, 1.54) is 0 Å². The molecule has 0 bridgehead atoms. The molecule has 4 aromatic rings. The van der Waals surface area contributed by atoms with Crippen LogP contribution in [0.25, 0.3) is 23.0 Å². The van der Waals surface area contributed by atoms with E-state index >= 15 is 0 Å². The maximum absolute atomic E-state index is 6.05. The summed E-state index contributed by atoms with van der Waals surface area (Å²) < 4.78 is 1.90. The van der Waals surface area contributed by atoms with Gasteiger partial charge in [0.2, 0.25) is 0 Å². The number of thioether (sulfide) groups is 1. The fourth-order valence-electron chi connectivity index (χ4n) is 2.75. The van der Waals surface area contributed by atoms with Gasteiger partial charge in [-0.1, -0.05) is 65.3 Å². The molecule has 0 saturated heterocycles. The molecule has 138 valence electrons. The van der Waals surface area contributed by atoms with E-state index in [0.29, 0.717) is 5.02 Å². The second-order valence-electron chi connectivity index (χ2n) is 6.09. The van der Waals surface area contributed by atoms with Crippen molar-refractivity contribution in [3.05, 3.63) is 106 Å². The molecule has 0 aliphatic heterocycles. The molecule has 0 fully saturated rings. The Morgan fingerprint density at radius 3 is 2.11 bits per heavy atom. The third-order valence-corrected chi connectivity index (χ3v) is 5.47. The van der Waals surface area contributed by atoms with Crippen LogP contribution in [0.15, 0.2) is 95.4 Å². The predicted molar refractivity (Wildman–Crippen MR) is 120 cm³/mol. The molecule has 4 rings (SSSR count). The molecule has 5 heteroatoms. The zero-order valence-corrected chi connectivity index (χ0v) is 17.1. The number of halogens is 2. The van der Waals surface area contributed by atoms with Crippen LogP contribution in [-0.2, 0) is 0 Å². The van der Waals surface area contributed by atoms with E-state index in [-0.39, 0.29) is 0 Å². The van der Waals surface area contributed by atoms with Crippen molar-refractivity contribution < 1.29 is 0 Å². The van der Waals surface area contributed by atoms with Gasteiger partial charge in [-0.3, -0.25) is 0 Å². The summed E-state index contributed by atoms with van der Waals surface area (Å²) in [5, 5.41) is 8.33. The maximum atomic E-state index is 6.05. The average Bonchev–Trinajstić information content (AvgIpc) is 3.15. The van der Waals surface area contributed by atoms with Gasteiger partial charge in [0.05, 0.1) is 11.4 Å². The Balaban J connectivity index is 1.67. The number of rotatable bonds is 5. The van der Waals surface area contributed by atoms with E-state index in [4.69, 9.17) is 28.3 Å². The van der Waals surface area contributed by atoms with E-state index in [9.17, 15) is 0 Å². The first-order chi connectivity index (χ1) is 13.7. The Bertz CT molecular complexity index is 1090. The fraction of sp³-hybridized carbons (Fsp3) is 0. The second-order valence-corrected chi connectivity index (χ2v) is 7.95. The largest absolute Gasteiger partial charge is 0.240 e. The first kappa shape index (κ1) is 18.9. The fourth-order valence-corrected chi connectivity index (χ4v) is 3.67. The molecule has 1 aromatic heterocycles. The molecule has 0 spiro atoms. The molecule has 0 aliphatic carbocycles.